The molecule has 5 nitrogen and oxygen atoms in total. The minimum Gasteiger partial charge on any atom is -0.496 e. The number of carboxylic acids is 1. The first-order valence-electron chi connectivity index (χ1n) is 7.85. The van der Waals surface area contributed by atoms with Gasteiger partial charge in [-0.3, -0.25) is 4.98 Å². The van der Waals surface area contributed by atoms with Gasteiger partial charge < -0.3 is 14.4 Å². The van der Waals surface area contributed by atoms with Crippen LogP contribution in [0.5, 0.6) is 5.75 Å². The summed E-state index contributed by atoms with van der Waals surface area (Å²) in [4.78, 5) is 15.9. The predicted molar refractivity (Wildman–Crippen MR) is 92.9 cm³/mol. The molecule has 0 aliphatic heterocycles. The average molecular weight is 324 g/mol. The SMILES string of the molecule is COc1ccc(C(C)C)c2c1cc(C(=O)O)n2Cc1cccnc1. The van der Waals surface area contributed by atoms with Gasteiger partial charge in [0.2, 0.25) is 0 Å². The maximum absolute atomic E-state index is 11.8. The van der Waals surface area contributed by atoms with Gasteiger partial charge in [-0.1, -0.05) is 26.0 Å². The molecule has 0 unspecified atom stereocenters. The maximum atomic E-state index is 11.8. The number of aromatic nitrogens is 2. The van der Waals surface area contributed by atoms with E-state index in [9.17, 15) is 9.90 Å². The fraction of sp³-hybridized carbons (Fsp3) is 0.263. The highest BCUT2D eigenvalue weighted by Crippen LogP contribution is 2.35. The van der Waals surface area contributed by atoms with Crippen LogP contribution in [-0.4, -0.2) is 27.7 Å². The van der Waals surface area contributed by atoms with Crippen LogP contribution < -0.4 is 4.74 Å². The highest BCUT2D eigenvalue weighted by Gasteiger charge is 2.21. The lowest BCUT2D eigenvalue weighted by molar-refractivity contribution is 0.0686. The molecule has 0 fully saturated rings. The Labute approximate surface area is 140 Å². The summed E-state index contributed by atoms with van der Waals surface area (Å²) in [5.41, 5.74) is 3.21. The predicted octanol–water partition coefficient (Wildman–Crippen LogP) is 3.91. The Morgan fingerprint density at radius 2 is 2.12 bits per heavy atom. The zero-order valence-electron chi connectivity index (χ0n) is 14.0. The summed E-state index contributed by atoms with van der Waals surface area (Å²) in [5.74, 6) is -0.00344. The van der Waals surface area contributed by atoms with Crippen LogP contribution in [0.4, 0.5) is 0 Å². The van der Waals surface area contributed by atoms with E-state index in [-0.39, 0.29) is 11.6 Å². The molecule has 1 aromatic carbocycles. The van der Waals surface area contributed by atoms with Gasteiger partial charge in [0.05, 0.1) is 12.6 Å². The van der Waals surface area contributed by atoms with E-state index in [4.69, 9.17) is 4.74 Å². The lowest BCUT2D eigenvalue weighted by Crippen LogP contribution is -2.10. The molecule has 0 aliphatic rings. The number of fused-ring (bicyclic) bond motifs is 1. The summed E-state index contributed by atoms with van der Waals surface area (Å²) in [5, 5.41) is 10.5. The fourth-order valence-corrected chi connectivity index (χ4v) is 3.04. The summed E-state index contributed by atoms with van der Waals surface area (Å²) in [7, 11) is 1.60. The Bertz CT molecular complexity index is 883. The zero-order chi connectivity index (χ0) is 17.3. The molecular formula is C19H20N2O3. The Hall–Kier alpha value is -2.82. The molecule has 124 valence electrons. The number of benzene rings is 1. The molecule has 0 atom stereocenters. The van der Waals surface area contributed by atoms with Crippen molar-refractivity contribution in [2.24, 2.45) is 0 Å². The van der Waals surface area contributed by atoms with Crippen molar-refractivity contribution in [3.05, 3.63) is 59.5 Å². The lowest BCUT2D eigenvalue weighted by atomic mass is 10.00. The summed E-state index contributed by atoms with van der Waals surface area (Å²) in [6, 6.07) is 9.40. The highest BCUT2D eigenvalue weighted by molar-refractivity contribution is 5.98. The first-order chi connectivity index (χ1) is 11.5. The van der Waals surface area contributed by atoms with Crippen LogP contribution in [0.3, 0.4) is 0 Å². The van der Waals surface area contributed by atoms with Crippen molar-refractivity contribution in [1.29, 1.82) is 0 Å². The van der Waals surface area contributed by atoms with Crippen LogP contribution >= 0.6 is 0 Å². The van der Waals surface area contributed by atoms with E-state index < -0.39 is 5.97 Å². The minimum atomic E-state index is -0.952. The largest absolute Gasteiger partial charge is 0.496 e. The molecule has 0 amide bonds. The second-order valence-corrected chi connectivity index (χ2v) is 6.06. The van der Waals surface area contributed by atoms with E-state index in [1.165, 1.54) is 0 Å². The standard InChI is InChI=1S/C19H20N2O3/c1-12(2)14-6-7-17(24-3)15-9-16(19(22)23)21(18(14)15)11-13-5-4-8-20-10-13/h4-10,12H,11H2,1-3H3,(H,22,23). The summed E-state index contributed by atoms with van der Waals surface area (Å²) in [6.45, 7) is 4.65. The molecule has 3 rings (SSSR count). The van der Waals surface area contributed by atoms with Crippen molar-refractivity contribution in [3.63, 3.8) is 0 Å². The topological polar surface area (TPSA) is 64.3 Å². The Kier molecular flexibility index (Phi) is 4.25. The molecule has 3 aromatic rings. The van der Waals surface area contributed by atoms with Gasteiger partial charge in [0.25, 0.3) is 0 Å². The van der Waals surface area contributed by atoms with E-state index in [0.29, 0.717) is 12.3 Å². The number of pyridine rings is 1. The lowest BCUT2D eigenvalue weighted by Gasteiger charge is -2.15. The Morgan fingerprint density at radius 3 is 2.71 bits per heavy atom. The smallest absolute Gasteiger partial charge is 0.352 e. The molecule has 2 aromatic heterocycles. The third-order valence-corrected chi connectivity index (χ3v) is 4.17. The molecule has 0 saturated carbocycles. The van der Waals surface area contributed by atoms with Gasteiger partial charge in [-0.15, -0.1) is 0 Å². The first-order valence-corrected chi connectivity index (χ1v) is 7.85. The van der Waals surface area contributed by atoms with E-state index in [1.54, 1.807) is 25.6 Å². The van der Waals surface area contributed by atoms with E-state index >= 15 is 0 Å². The van der Waals surface area contributed by atoms with Crippen LogP contribution in [0.25, 0.3) is 10.9 Å². The van der Waals surface area contributed by atoms with Crippen LogP contribution in [-0.2, 0) is 6.54 Å². The van der Waals surface area contributed by atoms with Crippen molar-refractivity contribution >= 4 is 16.9 Å². The molecule has 1 N–H and O–H groups in total. The van der Waals surface area contributed by atoms with Gasteiger partial charge >= 0.3 is 5.97 Å². The number of nitrogens with zero attached hydrogens (tertiary/aromatic N) is 2. The van der Waals surface area contributed by atoms with Gasteiger partial charge in [-0.05, 0) is 35.2 Å². The van der Waals surface area contributed by atoms with Crippen molar-refractivity contribution in [3.8, 4) is 5.75 Å². The number of rotatable bonds is 5. The van der Waals surface area contributed by atoms with Crippen LogP contribution in [0.2, 0.25) is 0 Å². The number of carbonyl (C=O) groups is 1. The minimum absolute atomic E-state index is 0.250. The molecule has 24 heavy (non-hydrogen) atoms. The van der Waals surface area contributed by atoms with Crippen molar-refractivity contribution < 1.29 is 14.6 Å². The van der Waals surface area contributed by atoms with Gasteiger partial charge in [0.15, 0.2) is 0 Å². The monoisotopic (exact) mass is 324 g/mol. The summed E-state index contributed by atoms with van der Waals surface area (Å²) in [6.07, 6.45) is 3.46. The highest BCUT2D eigenvalue weighted by atomic mass is 16.5. The average Bonchev–Trinajstić information content (AvgIpc) is 2.94. The third-order valence-electron chi connectivity index (χ3n) is 4.17. The van der Waals surface area contributed by atoms with Gasteiger partial charge in [-0.25, -0.2) is 4.79 Å². The van der Waals surface area contributed by atoms with Crippen molar-refractivity contribution in [2.45, 2.75) is 26.3 Å². The Morgan fingerprint density at radius 1 is 1.33 bits per heavy atom. The van der Waals surface area contributed by atoms with E-state index in [2.05, 4.69) is 18.8 Å². The molecule has 0 radical (unpaired) electrons. The Balaban J connectivity index is 2.31. The van der Waals surface area contributed by atoms with Gasteiger partial charge in [0.1, 0.15) is 11.4 Å². The summed E-state index contributed by atoms with van der Waals surface area (Å²) >= 11 is 0. The van der Waals surface area contributed by atoms with Crippen LogP contribution in [0.1, 0.15) is 41.4 Å². The van der Waals surface area contributed by atoms with Gasteiger partial charge in [0, 0.05) is 24.3 Å². The molecule has 0 saturated heterocycles. The fourth-order valence-electron chi connectivity index (χ4n) is 3.04. The van der Waals surface area contributed by atoms with Crippen LogP contribution in [0.15, 0.2) is 42.7 Å². The number of hydrogen-bond acceptors (Lipinski definition) is 3. The van der Waals surface area contributed by atoms with Crippen molar-refractivity contribution in [1.82, 2.24) is 9.55 Å². The molecule has 0 aliphatic carbocycles. The molecule has 5 heteroatoms. The van der Waals surface area contributed by atoms with Gasteiger partial charge in [-0.2, -0.15) is 0 Å². The first kappa shape index (κ1) is 16.1. The summed E-state index contributed by atoms with van der Waals surface area (Å²) < 4.78 is 7.28. The second-order valence-electron chi connectivity index (χ2n) is 6.06. The number of methoxy groups -OCH3 is 1. The molecule has 2 heterocycles. The van der Waals surface area contributed by atoms with E-state index in [1.807, 2.05) is 28.8 Å². The quantitative estimate of drug-likeness (QED) is 0.772. The van der Waals surface area contributed by atoms with E-state index in [0.717, 1.165) is 22.0 Å². The molecule has 0 spiro atoms. The third kappa shape index (κ3) is 2.73. The number of hydrogen-bond donors (Lipinski definition) is 1. The number of ether oxygens (including phenoxy) is 1. The van der Waals surface area contributed by atoms with Crippen LogP contribution in [0, 0.1) is 0 Å². The maximum Gasteiger partial charge on any atom is 0.352 e. The normalized spacial score (nSPS) is 11.2. The molecule has 0 bridgehead atoms. The second kappa shape index (κ2) is 6.35. The molecular weight excluding hydrogens is 304 g/mol. The number of aromatic carboxylic acids is 1. The number of carboxylic acid groups (broad SMARTS) is 1. The van der Waals surface area contributed by atoms with Crippen molar-refractivity contribution in [2.75, 3.05) is 7.11 Å². The zero-order valence-corrected chi connectivity index (χ0v) is 14.0.